The zero-order valence-corrected chi connectivity index (χ0v) is 17.6. The SMILES string of the molecule is CCCC(=O)/C=C(/O)[C@@H]1Oc2c(Cl)c(-c3nnc(C(C)(C)O)o3)cc(OC)c2C1=O. The molecule has 1 atom stereocenters. The van der Waals surface area contributed by atoms with E-state index in [0.717, 1.165) is 6.08 Å². The quantitative estimate of drug-likeness (QED) is 0.495. The zero-order chi connectivity index (χ0) is 22.2. The van der Waals surface area contributed by atoms with E-state index in [1.807, 2.05) is 6.92 Å². The second-order valence-electron chi connectivity index (χ2n) is 7.26. The van der Waals surface area contributed by atoms with Crippen molar-refractivity contribution in [2.24, 2.45) is 0 Å². The minimum Gasteiger partial charge on any atom is -0.508 e. The molecule has 0 bridgehead atoms. The van der Waals surface area contributed by atoms with Crippen LogP contribution in [0.5, 0.6) is 11.5 Å². The minimum absolute atomic E-state index is 0.0136. The molecule has 160 valence electrons. The molecule has 0 fully saturated rings. The highest BCUT2D eigenvalue weighted by Gasteiger charge is 2.41. The number of hydrogen-bond donors (Lipinski definition) is 2. The van der Waals surface area contributed by atoms with Crippen molar-refractivity contribution in [3.8, 4) is 23.0 Å². The summed E-state index contributed by atoms with van der Waals surface area (Å²) in [5, 5.41) is 28.0. The molecular weight excluding hydrogens is 416 g/mol. The number of nitrogens with zero attached hydrogens (tertiary/aromatic N) is 2. The normalized spacial score (nSPS) is 16.4. The predicted molar refractivity (Wildman–Crippen MR) is 106 cm³/mol. The van der Waals surface area contributed by atoms with Crippen molar-refractivity contribution in [3.05, 3.63) is 34.4 Å². The first-order chi connectivity index (χ1) is 14.1. The first kappa shape index (κ1) is 21.8. The summed E-state index contributed by atoms with van der Waals surface area (Å²) in [7, 11) is 1.35. The number of allylic oxidation sites excluding steroid dienone is 1. The Kier molecular flexibility index (Phi) is 5.87. The molecule has 30 heavy (non-hydrogen) atoms. The molecule has 0 unspecified atom stereocenters. The van der Waals surface area contributed by atoms with Gasteiger partial charge in [0.15, 0.2) is 11.5 Å². The van der Waals surface area contributed by atoms with Gasteiger partial charge in [-0.3, -0.25) is 9.59 Å². The Balaban J connectivity index is 2.05. The average molecular weight is 437 g/mol. The van der Waals surface area contributed by atoms with E-state index in [1.165, 1.54) is 27.0 Å². The third-order valence-corrected chi connectivity index (χ3v) is 4.75. The van der Waals surface area contributed by atoms with Gasteiger partial charge < -0.3 is 24.1 Å². The summed E-state index contributed by atoms with van der Waals surface area (Å²) < 4.78 is 16.4. The van der Waals surface area contributed by atoms with Crippen molar-refractivity contribution in [3.63, 3.8) is 0 Å². The Labute approximate surface area is 177 Å². The van der Waals surface area contributed by atoms with Gasteiger partial charge in [0.05, 0.1) is 17.7 Å². The van der Waals surface area contributed by atoms with Crippen LogP contribution in [0.15, 0.2) is 22.3 Å². The van der Waals surface area contributed by atoms with Crippen LogP contribution in [-0.4, -0.2) is 45.2 Å². The standard InChI is InChI=1S/C20H21ClN2O7/c1-5-6-9(24)7-11(25)16-15(26)13-12(28-4)8-10(14(21)17(13)29-16)18-22-23-19(30-18)20(2,3)27/h7-8,16,25,27H,5-6H2,1-4H3/b11-7+/t16-/m0/s1. The van der Waals surface area contributed by atoms with E-state index in [9.17, 15) is 19.8 Å². The van der Waals surface area contributed by atoms with Gasteiger partial charge in [-0.2, -0.15) is 0 Å². The Morgan fingerprint density at radius 3 is 2.67 bits per heavy atom. The van der Waals surface area contributed by atoms with Gasteiger partial charge in [0.25, 0.3) is 0 Å². The summed E-state index contributed by atoms with van der Waals surface area (Å²) in [4.78, 5) is 24.6. The summed E-state index contributed by atoms with van der Waals surface area (Å²) in [5.74, 6) is -1.41. The number of methoxy groups -OCH3 is 1. The topological polar surface area (TPSA) is 132 Å². The fraction of sp³-hybridized carbons (Fsp3) is 0.400. The van der Waals surface area contributed by atoms with Crippen LogP contribution in [0.25, 0.3) is 11.5 Å². The largest absolute Gasteiger partial charge is 0.508 e. The summed E-state index contributed by atoms with van der Waals surface area (Å²) in [6, 6.07) is 1.43. The van der Waals surface area contributed by atoms with Gasteiger partial charge in [0.2, 0.25) is 23.7 Å². The zero-order valence-electron chi connectivity index (χ0n) is 16.9. The second-order valence-corrected chi connectivity index (χ2v) is 7.64. The molecule has 0 amide bonds. The van der Waals surface area contributed by atoms with Gasteiger partial charge in [0.1, 0.15) is 22.7 Å². The second kappa shape index (κ2) is 8.08. The van der Waals surface area contributed by atoms with Crippen molar-refractivity contribution < 1.29 is 33.7 Å². The number of aliphatic hydroxyl groups is 2. The van der Waals surface area contributed by atoms with Crippen LogP contribution in [0.1, 0.15) is 49.9 Å². The summed E-state index contributed by atoms with van der Waals surface area (Å²) >= 11 is 6.44. The number of aromatic nitrogens is 2. The van der Waals surface area contributed by atoms with Crippen molar-refractivity contribution in [2.45, 2.75) is 45.3 Å². The van der Waals surface area contributed by atoms with Gasteiger partial charge in [-0.1, -0.05) is 18.5 Å². The average Bonchev–Trinajstić information content (AvgIpc) is 3.28. The molecule has 0 spiro atoms. The molecule has 1 aromatic carbocycles. The van der Waals surface area contributed by atoms with E-state index in [0.29, 0.717) is 6.42 Å². The Bertz CT molecular complexity index is 1040. The number of hydrogen-bond acceptors (Lipinski definition) is 9. The molecule has 1 aliphatic rings. The number of aliphatic hydroxyl groups excluding tert-OH is 1. The van der Waals surface area contributed by atoms with Crippen LogP contribution < -0.4 is 9.47 Å². The van der Waals surface area contributed by atoms with E-state index in [1.54, 1.807) is 0 Å². The van der Waals surface area contributed by atoms with Crippen LogP contribution >= 0.6 is 11.6 Å². The highest BCUT2D eigenvalue weighted by Crippen LogP contribution is 2.47. The molecule has 2 heterocycles. The van der Waals surface area contributed by atoms with Crippen molar-refractivity contribution in [1.29, 1.82) is 0 Å². The van der Waals surface area contributed by atoms with Gasteiger partial charge in [-0.25, -0.2) is 0 Å². The van der Waals surface area contributed by atoms with Crippen LogP contribution in [0.4, 0.5) is 0 Å². The molecule has 0 radical (unpaired) electrons. The lowest BCUT2D eigenvalue weighted by Gasteiger charge is -2.11. The molecule has 1 aliphatic heterocycles. The third kappa shape index (κ3) is 3.90. The number of carbonyl (C=O) groups is 2. The molecule has 1 aromatic heterocycles. The first-order valence-electron chi connectivity index (χ1n) is 9.19. The summed E-state index contributed by atoms with van der Waals surface area (Å²) in [6.07, 6.45) is 0.388. The molecule has 0 saturated carbocycles. The van der Waals surface area contributed by atoms with Crippen LogP contribution in [0.3, 0.4) is 0 Å². The first-order valence-corrected chi connectivity index (χ1v) is 9.57. The van der Waals surface area contributed by atoms with E-state index < -0.39 is 23.2 Å². The maximum absolute atomic E-state index is 12.8. The molecule has 0 aliphatic carbocycles. The third-order valence-electron chi connectivity index (χ3n) is 4.38. The number of rotatable bonds is 7. The molecule has 2 N–H and O–H groups in total. The van der Waals surface area contributed by atoms with E-state index in [4.69, 9.17) is 25.5 Å². The molecule has 0 saturated heterocycles. The van der Waals surface area contributed by atoms with E-state index in [2.05, 4.69) is 10.2 Å². The predicted octanol–water partition coefficient (Wildman–Crippen LogP) is 3.38. The molecule has 9 nitrogen and oxygen atoms in total. The number of ether oxygens (including phenoxy) is 2. The van der Waals surface area contributed by atoms with Crippen LogP contribution in [-0.2, 0) is 10.4 Å². The van der Waals surface area contributed by atoms with Crippen LogP contribution in [0.2, 0.25) is 5.02 Å². The Morgan fingerprint density at radius 2 is 2.10 bits per heavy atom. The number of halogens is 1. The van der Waals surface area contributed by atoms with Gasteiger partial charge in [-0.15, -0.1) is 10.2 Å². The Morgan fingerprint density at radius 1 is 1.40 bits per heavy atom. The number of Topliss-reactive ketones (excluding diaryl/α,β-unsaturated/α-hetero) is 1. The van der Waals surface area contributed by atoms with Crippen molar-refractivity contribution in [2.75, 3.05) is 7.11 Å². The Hall–Kier alpha value is -2.91. The molecular formula is C20H21ClN2O7. The van der Waals surface area contributed by atoms with Gasteiger partial charge in [-0.05, 0) is 26.3 Å². The van der Waals surface area contributed by atoms with Crippen molar-refractivity contribution in [1.82, 2.24) is 10.2 Å². The lowest BCUT2D eigenvalue weighted by Crippen LogP contribution is -2.24. The minimum atomic E-state index is -1.42. The fourth-order valence-electron chi connectivity index (χ4n) is 2.91. The number of benzene rings is 1. The molecule has 10 heteroatoms. The number of carbonyl (C=O) groups excluding carboxylic acids is 2. The molecule has 2 aromatic rings. The van der Waals surface area contributed by atoms with E-state index in [-0.39, 0.29) is 51.6 Å². The number of fused-ring (bicyclic) bond motifs is 1. The fourth-order valence-corrected chi connectivity index (χ4v) is 3.18. The van der Waals surface area contributed by atoms with Crippen LogP contribution in [0, 0.1) is 0 Å². The maximum atomic E-state index is 12.8. The maximum Gasteiger partial charge on any atom is 0.249 e. The summed E-state index contributed by atoms with van der Waals surface area (Å²) in [5.41, 5.74) is -1.12. The van der Waals surface area contributed by atoms with Gasteiger partial charge in [0, 0.05) is 12.5 Å². The highest BCUT2D eigenvalue weighted by atomic mass is 35.5. The summed E-state index contributed by atoms with van der Waals surface area (Å²) in [6.45, 7) is 4.79. The lowest BCUT2D eigenvalue weighted by atomic mass is 10.0. The number of ketones is 2. The monoisotopic (exact) mass is 436 g/mol. The van der Waals surface area contributed by atoms with Gasteiger partial charge >= 0.3 is 0 Å². The highest BCUT2D eigenvalue weighted by molar-refractivity contribution is 6.36. The van der Waals surface area contributed by atoms with Crippen molar-refractivity contribution >= 4 is 23.2 Å². The van der Waals surface area contributed by atoms with E-state index >= 15 is 0 Å². The molecule has 3 rings (SSSR count). The smallest absolute Gasteiger partial charge is 0.249 e. The lowest BCUT2D eigenvalue weighted by molar-refractivity contribution is -0.114.